The van der Waals surface area contributed by atoms with Crippen molar-refractivity contribution in [3.05, 3.63) is 35.9 Å². The van der Waals surface area contributed by atoms with E-state index in [0.717, 1.165) is 0 Å². The van der Waals surface area contributed by atoms with Crippen molar-refractivity contribution in [1.82, 2.24) is 5.32 Å². The first-order valence-electron chi connectivity index (χ1n) is 6.08. The Bertz CT molecular complexity index is 376. The molecule has 0 aliphatic heterocycles. The Labute approximate surface area is 108 Å². The van der Waals surface area contributed by atoms with Crippen LogP contribution in [0, 0.1) is 0 Å². The smallest absolute Gasteiger partial charge is 0.306 e. The van der Waals surface area contributed by atoms with Crippen molar-refractivity contribution in [3.63, 3.8) is 0 Å². The third-order valence-electron chi connectivity index (χ3n) is 2.91. The SMILES string of the molecule is CC(C)(CNCC(O)CC(=O)O)c1ccccc1. The van der Waals surface area contributed by atoms with Gasteiger partial charge in [-0.15, -0.1) is 0 Å². The van der Waals surface area contributed by atoms with Crippen molar-refractivity contribution >= 4 is 5.97 Å². The first-order valence-corrected chi connectivity index (χ1v) is 6.08. The maximum absolute atomic E-state index is 10.4. The molecule has 0 heterocycles. The number of hydrogen-bond acceptors (Lipinski definition) is 3. The van der Waals surface area contributed by atoms with E-state index in [1.807, 2.05) is 18.2 Å². The van der Waals surface area contributed by atoms with E-state index in [1.54, 1.807) is 0 Å². The minimum absolute atomic E-state index is 0.0514. The van der Waals surface area contributed by atoms with Gasteiger partial charge >= 0.3 is 5.97 Å². The van der Waals surface area contributed by atoms with Crippen molar-refractivity contribution in [2.24, 2.45) is 0 Å². The Morgan fingerprint density at radius 2 is 1.94 bits per heavy atom. The minimum atomic E-state index is -0.980. The van der Waals surface area contributed by atoms with Crippen molar-refractivity contribution in [1.29, 1.82) is 0 Å². The topological polar surface area (TPSA) is 69.6 Å². The molecule has 3 N–H and O–H groups in total. The van der Waals surface area contributed by atoms with Gasteiger partial charge in [-0.05, 0) is 5.56 Å². The Kier molecular flexibility index (Phi) is 5.31. The number of carboxylic acids is 1. The second kappa shape index (κ2) is 6.52. The Balaban J connectivity index is 2.41. The molecule has 1 aromatic rings. The summed E-state index contributed by atoms with van der Waals surface area (Å²) in [5.41, 5.74) is 1.16. The molecule has 0 radical (unpaired) electrons. The van der Waals surface area contributed by atoms with Gasteiger partial charge in [-0.3, -0.25) is 4.79 Å². The van der Waals surface area contributed by atoms with Crippen molar-refractivity contribution < 1.29 is 15.0 Å². The molecule has 0 fully saturated rings. The highest BCUT2D eigenvalue weighted by molar-refractivity contribution is 5.67. The molecule has 0 aliphatic carbocycles. The van der Waals surface area contributed by atoms with Gasteiger partial charge in [-0.1, -0.05) is 44.2 Å². The predicted molar refractivity (Wildman–Crippen MR) is 70.6 cm³/mol. The van der Waals surface area contributed by atoms with E-state index in [2.05, 4.69) is 31.3 Å². The highest BCUT2D eigenvalue weighted by atomic mass is 16.4. The number of nitrogens with one attached hydrogen (secondary N) is 1. The van der Waals surface area contributed by atoms with Crippen LogP contribution >= 0.6 is 0 Å². The zero-order valence-electron chi connectivity index (χ0n) is 10.9. The van der Waals surface area contributed by atoms with Crippen LogP contribution in [-0.2, 0) is 10.2 Å². The first-order chi connectivity index (χ1) is 8.42. The molecular formula is C14H21NO3. The molecule has 0 saturated heterocycles. The summed E-state index contributed by atoms with van der Waals surface area (Å²) in [6.07, 6.45) is -1.06. The summed E-state index contributed by atoms with van der Waals surface area (Å²) in [7, 11) is 0. The average Bonchev–Trinajstić information content (AvgIpc) is 2.29. The number of aliphatic carboxylic acids is 1. The fraction of sp³-hybridized carbons (Fsp3) is 0.500. The first kappa shape index (κ1) is 14.7. The number of hydrogen-bond donors (Lipinski definition) is 3. The fourth-order valence-corrected chi connectivity index (χ4v) is 1.82. The van der Waals surface area contributed by atoms with E-state index in [4.69, 9.17) is 5.11 Å². The lowest BCUT2D eigenvalue weighted by Gasteiger charge is -2.26. The van der Waals surface area contributed by atoms with Crippen LogP contribution in [0.4, 0.5) is 0 Å². The fourth-order valence-electron chi connectivity index (χ4n) is 1.82. The second-order valence-electron chi connectivity index (χ2n) is 5.13. The molecule has 18 heavy (non-hydrogen) atoms. The van der Waals surface area contributed by atoms with Crippen LogP contribution in [0.1, 0.15) is 25.8 Å². The van der Waals surface area contributed by atoms with Gasteiger partial charge in [-0.25, -0.2) is 0 Å². The highest BCUT2D eigenvalue weighted by Crippen LogP contribution is 2.21. The normalized spacial score (nSPS) is 13.3. The van der Waals surface area contributed by atoms with Crippen LogP contribution in [0.3, 0.4) is 0 Å². The van der Waals surface area contributed by atoms with Gasteiger partial charge < -0.3 is 15.5 Å². The maximum atomic E-state index is 10.4. The summed E-state index contributed by atoms with van der Waals surface area (Å²) < 4.78 is 0. The van der Waals surface area contributed by atoms with Crippen LogP contribution in [0.5, 0.6) is 0 Å². The number of carbonyl (C=O) groups is 1. The summed E-state index contributed by atoms with van der Waals surface area (Å²) in [6.45, 7) is 5.20. The molecule has 1 unspecified atom stereocenters. The summed E-state index contributed by atoms with van der Waals surface area (Å²) in [5, 5.41) is 21.1. The third-order valence-corrected chi connectivity index (χ3v) is 2.91. The van der Waals surface area contributed by atoms with Crippen LogP contribution in [0.15, 0.2) is 30.3 Å². The van der Waals surface area contributed by atoms with Gasteiger partial charge in [0.05, 0.1) is 12.5 Å². The monoisotopic (exact) mass is 251 g/mol. The molecular weight excluding hydrogens is 230 g/mol. The van der Waals surface area contributed by atoms with Gasteiger partial charge in [0, 0.05) is 18.5 Å². The summed E-state index contributed by atoms with van der Waals surface area (Å²) in [5.74, 6) is -0.980. The Hall–Kier alpha value is -1.39. The zero-order valence-corrected chi connectivity index (χ0v) is 10.9. The van der Waals surface area contributed by atoms with Gasteiger partial charge in [0.25, 0.3) is 0 Å². The number of benzene rings is 1. The zero-order chi connectivity index (χ0) is 13.6. The molecule has 0 saturated carbocycles. The van der Waals surface area contributed by atoms with E-state index < -0.39 is 12.1 Å². The standard InChI is InChI=1S/C14H21NO3/c1-14(2,11-6-4-3-5-7-11)10-15-9-12(16)8-13(17)18/h3-7,12,15-16H,8-10H2,1-2H3,(H,17,18). The lowest BCUT2D eigenvalue weighted by molar-refractivity contribution is -0.139. The van der Waals surface area contributed by atoms with Gasteiger partial charge in [0.2, 0.25) is 0 Å². The molecule has 4 nitrogen and oxygen atoms in total. The van der Waals surface area contributed by atoms with E-state index in [-0.39, 0.29) is 11.8 Å². The second-order valence-corrected chi connectivity index (χ2v) is 5.13. The molecule has 0 aromatic heterocycles. The number of aliphatic hydroxyl groups excluding tert-OH is 1. The quantitative estimate of drug-likeness (QED) is 0.685. The lowest BCUT2D eigenvalue weighted by atomic mass is 9.84. The summed E-state index contributed by atoms with van der Waals surface area (Å²) >= 11 is 0. The predicted octanol–water partition coefficient (Wildman–Crippen LogP) is 1.39. The molecule has 1 rings (SSSR count). The van der Waals surface area contributed by atoms with E-state index in [9.17, 15) is 9.90 Å². The van der Waals surface area contributed by atoms with Crippen molar-refractivity contribution in [2.75, 3.05) is 13.1 Å². The molecule has 0 amide bonds. The molecule has 1 atom stereocenters. The van der Waals surface area contributed by atoms with Gasteiger partial charge in [0.1, 0.15) is 0 Å². The van der Waals surface area contributed by atoms with E-state index in [0.29, 0.717) is 13.1 Å². The summed E-state index contributed by atoms with van der Waals surface area (Å²) in [6, 6.07) is 10.1. The number of aliphatic hydroxyl groups is 1. The largest absolute Gasteiger partial charge is 0.481 e. The van der Waals surface area contributed by atoms with E-state index in [1.165, 1.54) is 5.56 Å². The third kappa shape index (κ3) is 4.85. The molecule has 0 aliphatic rings. The highest BCUT2D eigenvalue weighted by Gasteiger charge is 2.20. The Morgan fingerprint density at radius 3 is 2.50 bits per heavy atom. The maximum Gasteiger partial charge on any atom is 0.306 e. The van der Waals surface area contributed by atoms with Crippen LogP contribution in [0.2, 0.25) is 0 Å². The van der Waals surface area contributed by atoms with Gasteiger partial charge in [-0.2, -0.15) is 0 Å². The van der Waals surface area contributed by atoms with Crippen LogP contribution < -0.4 is 5.32 Å². The molecule has 1 aromatic carbocycles. The van der Waals surface area contributed by atoms with Gasteiger partial charge in [0.15, 0.2) is 0 Å². The molecule has 0 bridgehead atoms. The van der Waals surface area contributed by atoms with Crippen LogP contribution in [-0.4, -0.2) is 35.4 Å². The number of carboxylic acid groups (broad SMARTS) is 1. The minimum Gasteiger partial charge on any atom is -0.481 e. The average molecular weight is 251 g/mol. The van der Waals surface area contributed by atoms with Crippen LogP contribution in [0.25, 0.3) is 0 Å². The summed E-state index contributed by atoms with van der Waals surface area (Å²) in [4.78, 5) is 10.4. The molecule has 0 spiro atoms. The molecule has 4 heteroatoms. The van der Waals surface area contributed by atoms with Crippen molar-refractivity contribution in [3.8, 4) is 0 Å². The Morgan fingerprint density at radius 1 is 1.33 bits per heavy atom. The van der Waals surface area contributed by atoms with Crippen molar-refractivity contribution in [2.45, 2.75) is 31.8 Å². The molecule has 100 valence electrons. The number of rotatable bonds is 7. The van der Waals surface area contributed by atoms with E-state index >= 15 is 0 Å². The lowest BCUT2D eigenvalue weighted by Crippen LogP contribution is -2.37.